The monoisotopic (exact) mass is 948 g/mol. The fourth-order valence-electron chi connectivity index (χ4n) is 10.1. The molecule has 0 unspecified atom stereocenters. The van der Waals surface area contributed by atoms with Gasteiger partial charge in [-0.2, -0.15) is 26.3 Å². The number of fused-ring (bicyclic) bond motifs is 6. The Balaban J connectivity index is 1.32. The molecule has 0 atom stereocenters. The lowest BCUT2D eigenvalue weighted by molar-refractivity contribution is -0.138. The molecule has 0 N–H and O–H groups in total. The van der Waals surface area contributed by atoms with Crippen molar-refractivity contribution in [1.82, 2.24) is 9.13 Å². The minimum absolute atomic E-state index is 0.160. The van der Waals surface area contributed by atoms with Gasteiger partial charge >= 0.3 is 12.4 Å². The number of hydrogen-bond donors (Lipinski definition) is 0. The SMILES string of the molecule is Cc1cc(-c2cc(C(F)(F)F)ccc2-n2c3ccc(C(C)(C)C)cc3c3cc(C(C)(C)C)ccc32)c(C)cc1-c1cc(C(F)(F)F)ccc1-n1c2ccc(C(C)(C)C)cc2c2cc(C(C)(C)C)ccc21. The average molecular weight is 949 g/mol. The Hall–Kier alpha value is -6.28. The predicted molar refractivity (Wildman–Crippen MR) is 280 cm³/mol. The summed E-state index contributed by atoms with van der Waals surface area (Å²) in [5, 5.41) is 3.98. The largest absolute Gasteiger partial charge is 0.416 e. The molecule has 0 spiro atoms. The summed E-state index contributed by atoms with van der Waals surface area (Å²) in [5.41, 5.74) is 9.86. The fraction of sp³-hybridized carbons (Fsp3) is 0.323. The van der Waals surface area contributed by atoms with Crippen LogP contribution >= 0.6 is 0 Å². The van der Waals surface area contributed by atoms with Crippen LogP contribution in [0.25, 0.3) is 77.2 Å². The third kappa shape index (κ3) is 8.49. The molecule has 0 saturated heterocycles. The van der Waals surface area contributed by atoms with E-state index in [4.69, 9.17) is 0 Å². The fourth-order valence-corrected chi connectivity index (χ4v) is 10.1. The number of alkyl halides is 6. The van der Waals surface area contributed by atoms with Gasteiger partial charge in [-0.3, -0.25) is 0 Å². The molecule has 8 heteroatoms. The predicted octanol–water partition coefficient (Wildman–Crippen LogP) is 19.1. The van der Waals surface area contributed by atoms with Gasteiger partial charge in [-0.25, -0.2) is 0 Å². The quantitative estimate of drug-likeness (QED) is 0.156. The molecule has 0 aliphatic heterocycles. The van der Waals surface area contributed by atoms with Crippen LogP contribution in [-0.2, 0) is 34.0 Å². The molecule has 70 heavy (non-hydrogen) atoms. The van der Waals surface area contributed by atoms with Gasteiger partial charge in [-0.15, -0.1) is 0 Å². The van der Waals surface area contributed by atoms with E-state index < -0.39 is 23.5 Å². The van der Waals surface area contributed by atoms with Crippen molar-refractivity contribution < 1.29 is 26.3 Å². The molecule has 2 heterocycles. The molecule has 2 nitrogen and oxygen atoms in total. The first-order valence-corrected chi connectivity index (χ1v) is 24.1. The first-order valence-electron chi connectivity index (χ1n) is 24.1. The molecule has 0 saturated carbocycles. The van der Waals surface area contributed by atoms with E-state index in [2.05, 4.69) is 165 Å². The molecule has 0 amide bonds. The Morgan fingerprint density at radius 1 is 0.286 bits per heavy atom. The normalized spacial score (nSPS) is 13.4. The second kappa shape index (κ2) is 16.1. The molecule has 9 rings (SSSR count). The summed E-state index contributed by atoms with van der Waals surface area (Å²) in [5.74, 6) is 0. The first kappa shape index (κ1) is 48.7. The van der Waals surface area contributed by atoms with Crippen LogP contribution in [0.1, 0.15) is 128 Å². The number of aryl methyl sites for hydroxylation is 2. The number of aromatic nitrogens is 2. The van der Waals surface area contributed by atoms with E-state index >= 15 is 0 Å². The molecule has 0 aliphatic carbocycles. The summed E-state index contributed by atoms with van der Waals surface area (Å²) in [6.07, 6.45) is -9.28. The average Bonchev–Trinajstić information content (AvgIpc) is 3.76. The number of nitrogens with zero attached hydrogens (tertiary/aromatic N) is 2. The Kier molecular flexibility index (Phi) is 11.2. The smallest absolute Gasteiger partial charge is 0.309 e. The summed E-state index contributed by atoms with van der Waals surface area (Å²) >= 11 is 0. The van der Waals surface area contributed by atoms with Crippen molar-refractivity contribution in [2.45, 2.75) is 131 Å². The lowest BCUT2D eigenvalue weighted by atomic mass is 9.85. The van der Waals surface area contributed by atoms with E-state index in [1.807, 2.05) is 26.0 Å². The van der Waals surface area contributed by atoms with E-state index in [9.17, 15) is 26.3 Å². The van der Waals surface area contributed by atoms with Gasteiger partial charge in [-0.1, -0.05) is 119 Å². The molecule has 0 fully saturated rings. The second-order valence-electron chi connectivity index (χ2n) is 23.5. The van der Waals surface area contributed by atoms with Gasteiger partial charge in [0.15, 0.2) is 0 Å². The maximum Gasteiger partial charge on any atom is 0.416 e. The summed E-state index contributed by atoms with van der Waals surface area (Å²) in [4.78, 5) is 0. The van der Waals surface area contributed by atoms with Crippen LogP contribution in [0.5, 0.6) is 0 Å². The van der Waals surface area contributed by atoms with E-state index in [0.29, 0.717) is 44.8 Å². The van der Waals surface area contributed by atoms with E-state index in [1.54, 1.807) is 12.1 Å². The van der Waals surface area contributed by atoms with Crippen LogP contribution in [0.2, 0.25) is 0 Å². The van der Waals surface area contributed by atoms with Crippen LogP contribution in [0.3, 0.4) is 0 Å². The Morgan fingerprint density at radius 3 is 0.757 bits per heavy atom. The molecular weight excluding hydrogens is 887 g/mol. The highest BCUT2D eigenvalue weighted by atomic mass is 19.4. The molecule has 362 valence electrons. The topological polar surface area (TPSA) is 9.86 Å². The molecule has 9 aromatic rings. The zero-order valence-electron chi connectivity index (χ0n) is 42.7. The molecule has 7 aromatic carbocycles. The molecule has 2 aromatic heterocycles. The van der Waals surface area contributed by atoms with Gasteiger partial charge in [0.1, 0.15) is 0 Å². The summed E-state index contributed by atoms with van der Waals surface area (Å²) in [6, 6.07) is 36.9. The minimum atomic E-state index is -4.64. The van der Waals surface area contributed by atoms with Gasteiger partial charge < -0.3 is 9.13 Å². The maximum absolute atomic E-state index is 14.8. The third-order valence-corrected chi connectivity index (χ3v) is 14.3. The molecule has 0 bridgehead atoms. The molecular formula is C62H62F6N2. The van der Waals surface area contributed by atoms with Gasteiger partial charge in [0, 0.05) is 32.7 Å². The van der Waals surface area contributed by atoms with Crippen LogP contribution in [0.15, 0.2) is 121 Å². The zero-order valence-corrected chi connectivity index (χ0v) is 42.7. The Bertz CT molecular complexity index is 3180. The van der Waals surface area contributed by atoms with Gasteiger partial charge in [-0.05, 0) is 165 Å². The second-order valence-corrected chi connectivity index (χ2v) is 23.5. The van der Waals surface area contributed by atoms with Crippen LogP contribution < -0.4 is 0 Å². The highest BCUT2D eigenvalue weighted by Gasteiger charge is 2.34. The third-order valence-electron chi connectivity index (χ3n) is 14.3. The Labute approximate surface area is 408 Å². The minimum Gasteiger partial charge on any atom is -0.309 e. The summed E-state index contributed by atoms with van der Waals surface area (Å²) < 4.78 is 93.1. The lowest BCUT2D eigenvalue weighted by Crippen LogP contribution is -2.10. The highest BCUT2D eigenvalue weighted by molar-refractivity contribution is 6.12. The van der Waals surface area contributed by atoms with Crippen LogP contribution in [0.4, 0.5) is 26.3 Å². The molecule has 0 radical (unpaired) electrons. The Morgan fingerprint density at radius 2 is 0.529 bits per heavy atom. The van der Waals surface area contributed by atoms with Gasteiger partial charge in [0.25, 0.3) is 0 Å². The van der Waals surface area contributed by atoms with Gasteiger partial charge in [0.05, 0.1) is 44.6 Å². The van der Waals surface area contributed by atoms with Crippen LogP contribution in [-0.4, -0.2) is 9.13 Å². The number of hydrogen-bond acceptors (Lipinski definition) is 0. The van der Waals surface area contributed by atoms with Crippen molar-refractivity contribution in [2.24, 2.45) is 0 Å². The van der Waals surface area contributed by atoms with Crippen molar-refractivity contribution in [2.75, 3.05) is 0 Å². The standard InChI is InChI=1S/C62H62F6N2/c1-35-27-44(46-34-42(62(66,67)68)20-26-52(46)70-55-23-17-39(59(9,10)11)31-49(55)50-32-40(60(12,13)14)18-24-56(50)70)36(2)28-43(35)45-33-41(61(63,64)65)19-25-51(45)69-53-21-15-37(57(3,4)5)29-47(53)48-30-38(58(6,7)8)16-22-54(48)69/h15-34H,1-14H3. The van der Waals surface area contributed by atoms with E-state index in [0.717, 1.165) is 78.0 Å². The van der Waals surface area contributed by atoms with E-state index in [1.165, 1.54) is 12.1 Å². The highest BCUT2D eigenvalue weighted by Crippen LogP contribution is 2.46. The van der Waals surface area contributed by atoms with E-state index in [-0.39, 0.29) is 21.7 Å². The lowest BCUT2D eigenvalue weighted by Gasteiger charge is -2.22. The summed E-state index contributed by atoms with van der Waals surface area (Å²) in [6.45, 7) is 29.6. The number of rotatable bonds is 4. The van der Waals surface area contributed by atoms with Crippen molar-refractivity contribution in [1.29, 1.82) is 0 Å². The van der Waals surface area contributed by atoms with Crippen LogP contribution in [0, 0.1) is 13.8 Å². The molecule has 0 aliphatic rings. The van der Waals surface area contributed by atoms with Crippen molar-refractivity contribution in [3.05, 3.63) is 166 Å². The van der Waals surface area contributed by atoms with Gasteiger partial charge in [0.2, 0.25) is 0 Å². The first-order chi connectivity index (χ1) is 32.3. The number of halogens is 6. The summed E-state index contributed by atoms with van der Waals surface area (Å²) in [7, 11) is 0. The van der Waals surface area contributed by atoms with Crippen molar-refractivity contribution in [3.63, 3.8) is 0 Å². The number of benzene rings is 7. The van der Waals surface area contributed by atoms with Crippen molar-refractivity contribution in [3.8, 4) is 33.6 Å². The zero-order chi connectivity index (χ0) is 51.0. The maximum atomic E-state index is 14.8. The van der Waals surface area contributed by atoms with Crippen molar-refractivity contribution >= 4 is 43.6 Å².